The Bertz CT molecular complexity index is 344. The van der Waals surface area contributed by atoms with Crippen LogP contribution in [0.15, 0.2) is 0 Å². The van der Waals surface area contributed by atoms with E-state index in [1.807, 2.05) is 0 Å². The Morgan fingerprint density at radius 1 is 0.870 bits per heavy atom. The van der Waals surface area contributed by atoms with Crippen LogP contribution in [0.4, 0.5) is 0 Å². The highest BCUT2D eigenvalue weighted by Gasteiger charge is 2.30. The summed E-state index contributed by atoms with van der Waals surface area (Å²) in [5.74, 6) is 2.21. The van der Waals surface area contributed by atoms with Gasteiger partial charge in [-0.3, -0.25) is 5.23 Å². The molecule has 4 heteroatoms. The second-order valence-electron chi connectivity index (χ2n) is 8.42. The molecule has 0 aromatic carbocycles. The number of likely N-dealkylation sites (tertiary alicyclic amines) is 1. The van der Waals surface area contributed by atoms with Gasteiger partial charge >= 0.3 is 0 Å². The first-order valence-electron chi connectivity index (χ1n) is 10.1. The van der Waals surface area contributed by atoms with Gasteiger partial charge in [0.2, 0.25) is 0 Å². The average molecular weight is 324 g/mol. The minimum Gasteiger partial charge on any atom is -0.762 e. The van der Waals surface area contributed by atoms with Crippen molar-refractivity contribution in [3.05, 3.63) is 5.21 Å². The zero-order chi connectivity index (χ0) is 16.1. The second-order valence-corrected chi connectivity index (χ2v) is 8.42. The number of hydrogen-bond acceptors (Lipinski definition) is 4. The molecule has 1 saturated heterocycles. The van der Waals surface area contributed by atoms with Gasteiger partial charge < -0.3 is 15.3 Å². The topological polar surface area (TPSA) is 49.8 Å². The summed E-state index contributed by atoms with van der Waals surface area (Å²) in [6, 6.07) is -0.164. The van der Waals surface area contributed by atoms with Crippen molar-refractivity contribution in [3.8, 4) is 0 Å². The summed E-state index contributed by atoms with van der Waals surface area (Å²) in [5, 5.41) is 21.1. The summed E-state index contributed by atoms with van der Waals surface area (Å²) in [6.07, 6.45) is 15.7. The lowest BCUT2D eigenvalue weighted by Gasteiger charge is -2.43. The molecule has 134 valence electrons. The Labute approximate surface area is 141 Å². The highest BCUT2D eigenvalue weighted by molar-refractivity contribution is 4.85. The Morgan fingerprint density at radius 2 is 1.57 bits per heavy atom. The SMILES string of the molecule is [O-]N(O)C1CCCCC1CN1CCCC(CC2CCCCC2)C1. The Hall–Kier alpha value is -0.160. The van der Waals surface area contributed by atoms with E-state index in [0.717, 1.165) is 37.6 Å². The van der Waals surface area contributed by atoms with Crippen LogP contribution < -0.4 is 0 Å². The van der Waals surface area contributed by atoms with Gasteiger partial charge in [0.15, 0.2) is 0 Å². The van der Waals surface area contributed by atoms with Gasteiger partial charge in [-0.1, -0.05) is 44.9 Å². The van der Waals surface area contributed by atoms with E-state index in [4.69, 9.17) is 0 Å². The highest BCUT2D eigenvalue weighted by atomic mass is 16.8. The van der Waals surface area contributed by atoms with Crippen molar-refractivity contribution in [1.82, 2.24) is 10.1 Å². The molecule has 3 atom stereocenters. The van der Waals surface area contributed by atoms with E-state index in [1.165, 1.54) is 70.9 Å². The molecule has 2 saturated carbocycles. The van der Waals surface area contributed by atoms with Crippen LogP contribution in [0.5, 0.6) is 0 Å². The van der Waals surface area contributed by atoms with Crippen LogP contribution in [0.25, 0.3) is 0 Å². The zero-order valence-electron chi connectivity index (χ0n) is 14.7. The van der Waals surface area contributed by atoms with Crippen LogP contribution in [-0.2, 0) is 0 Å². The molecule has 2 aliphatic carbocycles. The highest BCUT2D eigenvalue weighted by Crippen LogP contribution is 2.34. The Morgan fingerprint density at radius 3 is 2.35 bits per heavy atom. The first kappa shape index (κ1) is 17.7. The van der Waals surface area contributed by atoms with E-state index in [9.17, 15) is 10.4 Å². The van der Waals surface area contributed by atoms with Gasteiger partial charge in [-0.2, -0.15) is 0 Å². The maximum Gasteiger partial charge on any atom is 0.0257 e. The van der Waals surface area contributed by atoms with Crippen LogP contribution in [0.2, 0.25) is 0 Å². The lowest BCUT2D eigenvalue weighted by Crippen LogP contribution is -2.46. The molecule has 3 aliphatic rings. The Balaban J connectivity index is 1.47. The number of hydrogen-bond donors (Lipinski definition) is 1. The number of piperidine rings is 1. The molecule has 0 radical (unpaired) electrons. The summed E-state index contributed by atoms with van der Waals surface area (Å²) in [5.41, 5.74) is 0. The van der Waals surface area contributed by atoms with E-state index >= 15 is 0 Å². The third-order valence-corrected chi connectivity index (χ3v) is 6.64. The summed E-state index contributed by atoms with van der Waals surface area (Å²) in [6.45, 7) is 3.43. The van der Waals surface area contributed by atoms with Gasteiger partial charge in [0.25, 0.3) is 0 Å². The minimum absolute atomic E-state index is 0.164. The minimum atomic E-state index is -0.164. The fourth-order valence-corrected chi connectivity index (χ4v) is 5.43. The van der Waals surface area contributed by atoms with Crippen molar-refractivity contribution < 1.29 is 5.21 Å². The lowest BCUT2D eigenvalue weighted by atomic mass is 9.79. The molecule has 4 nitrogen and oxygen atoms in total. The van der Waals surface area contributed by atoms with Crippen molar-refractivity contribution in [1.29, 1.82) is 0 Å². The molecule has 1 N–H and O–H groups in total. The number of rotatable bonds is 5. The van der Waals surface area contributed by atoms with Crippen molar-refractivity contribution in [2.75, 3.05) is 19.6 Å². The van der Waals surface area contributed by atoms with Gasteiger partial charge in [-0.05, 0) is 56.4 Å². The van der Waals surface area contributed by atoms with E-state index in [-0.39, 0.29) is 11.3 Å². The first-order valence-corrected chi connectivity index (χ1v) is 10.1. The van der Waals surface area contributed by atoms with Gasteiger partial charge in [0, 0.05) is 19.1 Å². The van der Waals surface area contributed by atoms with Gasteiger partial charge in [0.05, 0.1) is 0 Å². The average Bonchev–Trinajstić information content (AvgIpc) is 2.56. The van der Waals surface area contributed by atoms with Crippen molar-refractivity contribution in [3.63, 3.8) is 0 Å². The van der Waals surface area contributed by atoms with E-state index in [0.29, 0.717) is 5.92 Å². The van der Waals surface area contributed by atoms with Crippen LogP contribution in [0, 0.1) is 23.0 Å². The van der Waals surface area contributed by atoms with Gasteiger partial charge in [-0.25, -0.2) is 0 Å². The maximum absolute atomic E-state index is 11.4. The normalized spacial score (nSPS) is 34.8. The quantitative estimate of drug-likeness (QED) is 0.761. The van der Waals surface area contributed by atoms with Crippen molar-refractivity contribution in [2.45, 2.75) is 83.1 Å². The maximum atomic E-state index is 11.4. The molecule has 0 bridgehead atoms. The second kappa shape index (κ2) is 8.80. The first-order chi connectivity index (χ1) is 11.2. The molecule has 23 heavy (non-hydrogen) atoms. The van der Waals surface area contributed by atoms with Crippen molar-refractivity contribution >= 4 is 0 Å². The third kappa shape index (κ3) is 5.15. The van der Waals surface area contributed by atoms with Gasteiger partial charge in [0.1, 0.15) is 0 Å². The molecular weight excluding hydrogens is 288 g/mol. The molecule has 0 amide bonds. The fourth-order valence-electron chi connectivity index (χ4n) is 5.43. The standard InChI is InChI=1S/C19H35N2O2/c22-21(23)19-11-5-4-10-18(19)15-20-12-6-9-17(14-20)13-16-7-2-1-3-8-16/h16-19,22H,1-15H2/q-1. The lowest BCUT2D eigenvalue weighted by molar-refractivity contribution is -0.110. The summed E-state index contributed by atoms with van der Waals surface area (Å²) in [7, 11) is 0. The van der Waals surface area contributed by atoms with Crippen LogP contribution >= 0.6 is 0 Å². The summed E-state index contributed by atoms with van der Waals surface area (Å²) in [4.78, 5) is 2.60. The molecule has 0 aromatic rings. The molecule has 3 fully saturated rings. The monoisotopic (exact) mass is 323 g/mol. The summed E-state index contributed by atoms with van der Waals surface area (Å²) >= 11 is 0. The molecule has 3 unspecified atom stereocenters. The molecular formula is C19H35N2O2-. The molecule has 1 heterocycles. The van der Waals surface area contributed by atoms with E-state index in [1.54, 1.807) is 0 Å². The fraction of sp³-hybridized carbons (Fsp3) is 1.00. The third-order valence-electron chi connectivity index (χ3n) is 6.64. The van der Waals surface area contributed by atoms with E-state index < -0.39 is 0 Å². The van der Waals surface area contributed by atoms with Gasteiger partial charge in [-0.15, -0.1) is 0 Å². The largest absolute Gasteiger partial charge is 0.762 e. The number of nitrogens with zero attached hydrogens (tertiary/aromatic N) is 2. The smallest absolute Gasteiger partial charge is 0.0257 e. The summed E-state index contributed by atoms with van der Waals surface area (Å²) < 4.78 is 0. The van der Waals surface area contributed by atoms with Crippen molar-refractivity contribution in [2.24, 2.45) is 17.8 Å². The predicted octanol–water partition coefficient (Wildman–Crippen LogP) is 4.42. The zero-order valence-corrected chi connectivity index (χ0v) is 14.7. The van der Waals surface area contributed by atoms with Crippen LogP contribution in [0.1, 0.15) is 77.0 Å². The predicted molar refractivity (Wildman–Crippen MR) is 93.1 cm³/mol. The molecule has 0 aromatic heterocycles. The van der Waals surface area contributed by atoms with Crippen LogP contribution in [-0.4, -0.2) is 41.0 Å². The van der Waals surface area contributed by atoms with Crippen LogP contribution in [0.3, 0.4) is 0 Å². The molecule has 0 spiro atoms. The molecule has 1 aliphatic heterocycles. The number of hydroxylamine groups is 2. The van der Waals surface area contributed by atoms with E-state index in [2.05, 4.69) is 4.90 Å². The Kier molecular flexibility index (Phi) is 6.75. The molecule has 3 rings (SSSR count).